The van der Waals surface area contributed by atoms with Crippen molar-refractivity contribution in [1.82, 2.24) is 4.98 Å². The van der Waals surface area contributed by atoms with Gasteiger partial charge in [-0.2, -0.15) is 0 Å². The summed E-state index contributed by atoms with van der Waals surface area (Å²) in [6, 6.07) is 3.20. The van der Waals surface area contributed by atoms with Crippen LogP contribution in [0.4, 0.5) is 5.82 Å². The maximum Gasteiger partial charge on any atom is 0.309 e. The summed E-state index contributed by atoms with van der Waals surface area (Å²) < 4.78 is 5.10. The number of halogens is 1. The van der Waals surface area contributed by atoms with Gasteiger partial charge in [0.1, 0.15) is 5.82 Å². The number of hydrogen-bond acceptors (Lipinski definition) is 4. The molecule has 0 unspecified atom stereocenters. The molecule has 0 radical (unpaired) electrons. The molecule has 102 valence electrons. The van der Waals surface area contributed by atoms with Crippen LogP contribution in [0.25, 0.3) is 0 Å². The van der Waals surface area contributed by atoms with Gasteiger partial charge in [0.15, 0.2) is 6.10 Å². The van der Waals surface area contributed by atoms with E-state index in [2.05, 4.69) is 10.3 Å². The predicted octanol–water partition coefficient (Wildman–Crippen LogP) is 2.26. The SMILES string of the molecule is C[C@H](OC(=O)[C@H]1C[C@H]1C)C(=O)Nc1ccc(Cl)cn1. The minimum Gasteiger partial charge on any atom is -0.452 e. The van der Waals surface area contributed by atoms with E-state index in [1.807, 2.05) is 6.92 Å². The number of carbonyl (C=O) groups excluding carboxylic acids is 2. The van der Waals surface area contributed by atoms with Gasteiger partial charge < -0.3 is 10.1 Å². The molecule has 1 aromatic rings. The molecule has 1 amide bonds. The Bertz CT molecular complexity index is 489. The Morgan fingerprint density at radius 3 is 2.74 bits per heavy atom. The first-order valence-corrected chi connectivity index (χ1v) is 6.48. The Kier molecular flexibility index (Phi) is 4.04. The average molecular weight is 283 g/mol. The number of rotatable bonds is 4. The molecule has 1 N–H and O–H groups in total. The number of hydrogen-bond donors (Lipinski definition) is 1. The van der Waals surface area contributed by atoms with Crippen molar-refractivity contribution in [3.8, 4) is 0 Å². The summed E-state index contributed by atoms with van der Waals surface area (Å²) in [4.78, 5) is 27.3. The summed E-state index contributed by atoms with van der Waals surface area (Å²) in [5.74, 6) is -0.0302. The fourth-order valence-corrected chi connectivity index (χ4v) is 1.76. The van der Waals surface area contributed by atoms with Gasteiger partial charge in [0.25, 0.3) is 5.91 Å². The first kappa shape index (κ1) is 13.8. The summed E-state index contributed by atoms with van der Waals surface area (Å²) in [6.07, 6.45) is 1.43. The fourth-order valence-electron chi connectivity index (χ4n) is 1.64. The molecule has 0 aliphatic heterocycles. The molecule has 3 atom stereocenters. The van der Waals surface area contributed by atoms with Crippen molar-refractivity contribution in [1.29, 1.82) is 0 Å². The second-order valence-electron chi connectivity index (χ2n) is 4.75. The Morgan fingerprint density at radius 2 is 2.21 bits per heavy atom. The van der Waals surface area contributed by atoms with Gasteiger partial charge in [0, 0.05) is 6.20 Å². The minimum atomic E-state index is -0.835. The minimum absolute atomic E-state index is 0.0519. The molecule has 1 fully saturated rings. The van der Waals surface area contributed by atoms with Crippen molar-refractivity contribution in [2.45, 2.75) is 26.4 Å². The largest absolute Gasteiger partial charge is 0.452 e. The normalized spacial score (nSPS) is 22.5. The average Bonchev–Trinajstić information content (AvgIpc) is 3.09. The van der Waals surface area contributed by atoms with Crippen LogP contribution in [0, 0.1) is 11.8 Å². The zero-order valence-electron chi connectivity index (χ0n) is 10.7. The molecule has 6 heteroatoms. The lowest BCUT2D eigenvalue weighted by molar-refractivity contribution is -0.154. The van der Waals surface area contributed by atoms with Gasteiger partial charge in [-0.3, -0.25) is 9.59 Å². The van der Waals surface area contributed by atoms with Crippen LogP contribution in [-0.4, -0.2) is 23.0 Å². The second kappa shape index (κ2) is 5.57. The molecule has 0 spiro atoms. The van der Waals surface area contributed by atoms with E-state index in [4.69, 9.17) is 16.3 Å². The van der Waals surface area contributed by atoms with Crippen molar-refractivity contribution in [2.75, 3.05) is 5.32 Å². The molecule has 1 aliphatic rings. The van der Waals surface area contributed by atoms with Gasteiger partial charge in [0.05, 0.1) is 10.9 Å². The number of esters is 1. The highest BCUT2D eigenvalue weighted by molar-refractivity contribution is 6.30. The first-order chi connectivity index (χ1) is 8.97. The third kappa shape index (κ3) is 3.67. The first-order valence-electron chi connectivity index (χ1n) is 6.10. The number of anilines is 1. The third-order valence-corrected chi connectivity index (χ3v) is 3.28. The van der Waals surface area contributed by atoms with Crippen molar-refractivity contribution >= 4 is 29.3 Å². The Balaban J connectivity index is 1.85. The van der Waals surface area contributed by atoms with Gasteiger partial charge in [0.2, 0.25) is 0 Å². The monoisotopic (exact) mass is 282 g/mol. The van der Waals surface area contributed by atoms with Crippen molar-refractivity contribution in [3.05, 3.63) is 23.4 Å². The van der Waals surface area contributed by atoms with E-state index in [9.17, 15) is 9.59 Å². The molecule has 1 aromatic heterocycles. The summed E-state index contributed by atoms with van der Waals surface area (Å²) in [5, 5.41) is 3.05. The maximum absolute atomic E-state index is 11.8. The van der Waals surface area contributed by atoms with Crippen LogP contribution < -0.4 is 5.32 Å². The lowest BCUT2D eigenvalue weighted by Gasteiger charge is -2.13. The molecule has 1 heterocycles. The third-order valence-electron chi connectivity index (χ3n) is 3.05. The predicted molar refractivity (Wildman–Crippen MR) is 70.7 cm³/mol. The highest BCUT2D eigenvalue weighted by Crippen LogP contribution is 2.38. The molecular formula is C13H15ClN2O3. The molecule has 19 heavy (non-hydrogen) atoms. The van der Waals surface area contributed by atoms with Crippen LogP contribution in [0.5, 0.6) is 0 Å². The molecule has 2 rings (SSSR count). The smallest absolute Gasteiger partial charge is 0.309 e. The highest BCUT2D eigenvalue weighted by atomic mass is 35.5. The maximum atomic E-state index is 11.8. The van der Waals surface area contributed by atoms with Crippen molar-refractivity contribution < 1.29 is 14.3 Å². The Labute approximate surface area is 116 Å². The number of amides is 1. The molecule has 5 nitrogen and oxygen atoms in total. The van der Waals surface area contributed by atoms with Crippen LogP contribution in [0.1, 0.15) is 20.3 Å². The van der Waals surface area contributed by atoms with Crippen molar-refractivity contribution in [2.24, 2.45) is 11.8 Å². The number of carbonyl (C=O) groups is 2. The topological polar surface area (TPSA) is 68.3 Å². The summed E-state index contributed by atoms with van der Waals surface area (Å²) in [5.41, 5.74) is 0. The van der Waals surface area contributed by atoms with E-state index < -0.39 is 12.0 Å². The highest BCUT2D eigenvalue weighted by Gasteiger charge is 2.41. The number of nitrogens with zero attached hydrogens (tertiary/aromatic N) is 1. The van der Waals surface area contributed by atoms with E-state index in [1.54, 1.807) is 12.1 Å². The second-order valence-corrected chi connectivity index (χ2v) is 5.19. The number of pyridine rings is 1. The van der Waals surface area contributed by atoms with Crippen LogP contribution >= 0.6 is 11.6 Å². The number of nitrogens with one attached hydrogen (secondary N) is 1. The van der Waals surface area contributed by atoms with Gasteiger partial charge in [-0.1, -0.05) is 18.5 Å². The van der Waals surface area contributed by atoms with Gasteiger partial charge >= 0.3 is 5.97 Å². The van der Waals surface area contributed by atoms with Crippen molar-refractivity contribution in [3.63, 3.8) is 0 Å². The van der Waals surface area contributed by atoms with Gasteiger partial charge in [-0.25, -0.2) is 4.98 Å². The lowest BCUT2D eigenvalue weighted by Crippen LogP contribution is -2.30. The molecular weight excluding hydrogens is 268 g/mol. The number of aromatic nitrogens is 1. The lowest BCUT2D eigenvalue weighted by atomic mass is 10.3. The molecule has 0 bridgehead atoms. The number of ether oxygens (including phenoxy) is 1. The van der Waals surface area contributed by atoms with Gasteiger partial charge in [-0.05, 0) is 31.4 Å². The van der Waals surface area contributed by atoms with E-state index in [1.165, 1.54) is 13.1 Å². The van der Waals surface area contributed by atoms with Crippen LogP contribution in [0.2, 0.25) is 5.02 Å². The summed E-state index contributed by atoms with van der Waals surface area (Å²) in [6.45, 7) is 3.52. The van der Waals surface area contributed by atoms with Crippen LogP contribution in [0.3, 0.4) is 0 Å². The standard InChI is InChI=1S/C13H15ClN2O3/c1-7-5-10(7)13(18)19-8(2)12(17)16-11-4-3-9(14)6-15-11/h3-4,6-8,10H,5H2,1-2H3,(H,15,16,17)/t7-,8+,10+/m1/s1. The van der Waals surface area contributed by atoms with Gasteiger partial charge in [-0.15, -0.1) is 0 Å². The summed E-state index contributed by atoms with van der Waals surface area (Å²) in [7, 11) is 0. The van der Waals surface area contributed by atoms with E-state index in [0.717, 1.165) is 6.42 Å². The molecule has 1 aliphatic carbocycles. The summed E-state index contributed by atoms with van der Waals surface area (Å²) >= 11 is 5.69. The molecule has 0 saturated heterocycles. The molecule has 1 saturated carbocycles. The quantitative estimate of drug-likeness (QED) is 0.860. The van der Waals surface area contributed by atoms with Crippen LogP contribution in [-0.2, 0) is 14.3 Å². The fraction of sp³-hybridized carbons (Fsp3) is 0.462. The zero-order valence-corrected chi connectivity index (χ0v) is 11.5. The van der Waals surface area contributed by atoms with E-state index in [-0.39, 0.29) is 11.9 Å². The Morgan fingerprint density at radius 1 is 1.53 bits per heavy atom. The van der Waals surface area contributed by atoms with E-state index >= 15 is 0 Å². The Hall–Kier alpha value is -1.62. The van der Waals surface area contributed by atoms with E-state index in [0.29, 0.717) is 16.8 Å². The molecule has 0 aromatic carbocycles. The van der Waals surface area contributed by atoms with Crippen LogP contribution in [0.15, 0.2) is 18.3 Å². The zero-order chi connectivity index (χ0) is 14.0.